The molecule has 6 heteroatoms. The normalized spacial score (nSPS) is 12.5. The number of carbonyl (C=O) groups is 1. The van der Waals surface area contributed by atoms with Crippen LogP contribution in [-0.2, 0) is 14.8 Å². The van der Waals surface area contributed by atoms with Crippen molar-refractivity contribution in [2.24, 2.45) is 0 Å². The third-order valence-corrected chi connectivity index (χ3v) is 4.88. The van der Waals surface area contributed by atoms with Crippen LogP contribution >= 0.6 is 0 Å². The lowest BCUT2D eigenvalue weighted by molar-refractivity contribution is -0.120. The molecule has 0 saturated carbocycles. The summed E-state index contributed by atoms with van der Waals surface area (Å²) in [6.07, 6.45) is 1.10. The number of hydrogen-bond donors (Lipinski definition) is 1. The molecule has 1 atom stereocenters. The van der Waals surface area contributed by atoms with E-state index in [2.05, 4.69) is 5.32 Å². The van der Waals surface area contributed by atoms with Gasteiger partial charge in [0, 0.05) is 0 Å². The molecule has 1 unspecified atom stereocenters. The number of para-hydroxylation sites is 1. The van der Waals surface area contributed by atoms with Crippen LogP contribution < -0.4 is 9.62 Å². The molecule has 128 valence electrons. The topological polar surface area (TPSA) is 66.5 Å². The van der Waals surface area contributed by atoms with E-state index in [9.17, 15) is 13.2 Å². The summed E-state index contributed by atoms with van der Waals surface area (Å²) in [5.41, 5.74) is 2.28. The van der Waals surface area contributed by atoms with E-state index in [0.29, 0.717) is 5.69 Å². The van der Waals surface area contributed by atoms with Gasteiger partial charge >= 0.3 is 0 Å². The molecule has 0 heterocycles. The summed E-state index contributed by atoms with van der Waals surface area (Å²) in [6, 6.07) is 16.4. The quantitative estimate of drug-likeness (QED) is 0.874. The summed E-state index contributed by atoms with van der Waals surface area (Å²) in [6.45, 7) is 3.44. The molecule has 1 N–H and O–H groups in total. The van der Waals surface area contributed by atoms with E-state index in [0.717, 1.165) is 21.7 Å². The van der Waals surface area contributed by atoms with E-state index in [1.54, 1.807) is 12.1 Å². The van der Waals surface area contributed by atoms with Crippen LogP contribution in [0.15, 0.2) is 54.6 Å². The number of nitrogens with one attached hydrogen (secondary N) is 1. The fourth-order valence-corrected chi connectivity index (χ4v) is 3.38. The average molecular weight is 346 g/mol. The molecule has 0 bridgehead atoms. The minimum absolute atomic E-state index is 0.197. The average Bonchev–Trinajstić information content (AvgIpc) is 2.53. The van der Waals surface area contributed by atoms with Crippen LogP contribution in [0, 0.1) is 6.92 Å². The highest BCUT2D eigenvalue weighted by atomic mass is 32.2. The molecule has 0 radical (unpaired) electrons. The lowest BCUT2D eigenvalue weighted by Gasteiger charge is -2.24. The van der Waals surface area contributed by atoms with Gasteiger partial charge < -0.3 is 5.32 Å². The van der Waals surface area contributed by atoms with Gasteiger partial charge in [0.05, 0.1) is 18.0 Å². The Bertz CT molecular complexity index is 804. The number of rotatable bonds is 6. The van der Waals surface area contributed by atoms with Gasteiger partial charge in [0.15, 0.2) is 0 Å². The molecule has 5 nitrogen and oxygen atoms in total. The van der Waals surface area contributed by atoms with Gasteiger partial charge in [-0.1, -0.05) is 48.5 Å². The van der Waals surface area contributed by atoms with E-state index in [4.69, 9.17) is 0 Å². The molecule has 0 spiro atoms. The van der Waals surface area contributed by atoms with Gasteiger partial charge in [-0.2, -0.15) is 0 Å². The molecule has 2 aromatic rings. The largest absolute Gasteiger partial charge is 0.348 e. The standard InChI is InChI=1S/C18H22N2O3S/c1-14-9-7-8-12-17(14)20(24(3,22)23)13-18(21)19-15(2)16-10-5-4-6-11-16/h4-12,15H,13H2,1-3H3,(H,19,21). The molecular formula is C18H22N2O3S. The Morgan fingerprint density at radius 1 is 1.08 bits per heavy atom. The second-order valence-corrected chi connectivity index (χ2v) is 7.66. The number of nitrogens with zero attached hydrogens (tertiary/aromatic N) is 1. The fourth-order valence-electron chi connectivity index (χ4n) is 2.47. The minimum Gasteiger partial charge on any atom is -0.348 e. The maximum absolute atomic E-state index is 12.4. The highest BCUT2D eigenvalue weighted by molar-refractivity contribution is 7.92. The Hall–Kier alpha value is -2.34. The van der Waals surface area contributed by atoms with Crippen molar-refractivity contribution in [1.82, 2.24) is 5.32 Å². The summed E-state index contributed by atoms with van der Waals surface area (Å²) in [4.78, 5) is 12.4. The SMILES string of the molecule is Cc1ccccc1N(CC(=O)NC(C)c1ccccc1)S(C)(=O)=O. The van der Waals surface area contributed by atoms with Crippen molar-refractivity contribution in [2.75, 3.05) is 17.1 Å². The maximum atomic E-state index is 12.4. The molecule has 24 heavy (non-hydrogen) atoms. The zero-order valence-electron chi connectivity index (χ0n) is 14.1. The third kappa shape index (κ3) is 4.58. The van der Waals surface area contributed by atoms with Crippen LogP contribution in [-0.4, -0.2) is 27.1 Å². The van der Waals surface area contributed by atoms with E-state index in [-0.39, 0.29) is 18.5 Å². The van der Waals surface area contributed by atoms with Gasteiger partial charge in [0.25, 0.3) is 0 Å². The van der Waals surface area contributed by atoms with Crippen molar-refractivity contribution < 1.29 is 13.2 Å². The number of aryl methyl sites for hydroxylation is 1. The lowest BCUT2D eigenvalue weighted by Crippen LogP contribution is -2.41. The Labute approximate surface area is 143 Å². The highest BCUT2D eigenvalue weighted by Gasteiger charge is 2.22. The number of amides is 1. The van der Waals surface area contributed by atoms with Gasteiger partial charge in [0.1, 0.15) is 6.54 Å². The Morgan fingerprint density at radius 2 is 1.67 bits per heavy atom. The first-order chi connectivity index (χ1) is 11.3. The lowest BCUT2D eigenvalue weighted by atomic mass is 10.1. The Kier molecular flexibility index (Phi) is 5.62. The second kappa shape index (κ2) is 7.49. The monoisotopic (exact) mass is 346 g/mol. The first-order valence-electron chi connectivity index (χ1n) is 7.66. The predicted octanol–water partition coefficient (Wildman–Crippen LogP) is 2.64. The van der Waals surface area contributed by atoms with Crippen LogP contribution in [0.2, 0.25) is 0 Å². The number of hydrogen-bond acceptors (Lipinski definition) is 3. The smallest absolute Gasteiger partial charge is 0.241 e. The van der Waals surface area contributed by atoms with Gasteiger partial charge in [-0.3, -0.25) is 9.10 Å². The molecule has 0 aliphatic carbocycles. The summed E-state index contributed by atoms with van der Waals surface area (Å²) < 4.78 is 25.4. The van der Waals surface area contributed by atoms with E-state index >= 15 is 0 Å². The number of benzene rings is 2. The van der Waals surface area contributed by atoms with Crippen LogP contribution in [0.1, 0.15) is 24.1 Å². The van der Waals surface area contributed by atoms with Crippen molar-refractivity contribution in [2.45, 2.75) is 19.9 Å². The fraction of sp³-hybridized carbons (Fsp3) is 0.278. The van der Waals surface area contributed by atoms with Crippen molar-refractivity contribution in [3.8, 4) is 0 Å². The van der Waals surface area contributed by atoms with Crippen molar-refractivity contribution in [3.05, 3.63) is 65.7 Å². The Balaban J connectivity index is 2.16. The van der Waals surface area contributed by atoms with Crippen LogP contribution in [0.25, 0.3) is 0 Å². The molecule has 0 aromatic heterocycles. The molecule has 2 rings (SSSR count). The van der Waals surface area contributed by atoms with Gasteiger partial charge in [-0.05, 0) is 31.0 Å². The molecule has 0 fully saturated rings. The molecule has 0 aliphatic heterocycles. The van der Waals surface area contributed by atoms with E-state index in [1.165, 1.54) is 0 Å². The highest BCUT2D eigenvalue weighted by Crippen LogP contribution is 2.22. The maximum Gasteiger partial charge on any atom is 0.241 e. The van der Waals surface area contributed by atoms with Crippen LogP contribution in [0.4, 0.5) is 5.69 Å². The van der Waals surface area contributed by atoms with Crippen LogP contribution in [0.3, 0.4) is 0 Å². The summed E-state index contributed by atoms with van der Waals surface area (Å²) in [5.74, 6) is -0.347. The summed E-state index contributed by atoms with van der Waals surface area (Å²) in [7, 11) is -3.56. The second-order valence-electron chi connectivity index (χ2n) is 5.76. The molecule has 1 amide bonds. The van der Waals surface area contributed by atoms with Gasteiger partial charge in [-0.15, -0.1) is 0 Å². The van der Waals surface area contributed by atoms with Gasteiger partial charge in [0.2, 0.25) is 15.9 Å². The summed E-state index contributed by atoms with van der Waals surface area (Å²) >= 11 is 0. The van der Waals surface area contributed by atoms with Crippen LogP contribution in [0.5, 0.6) is 0 Å². The molecule has 2 aromatic carbocycles. The summed E-state index contributed by atoms with van der Waals surface area (Å²) in [5, 5.41) is 2.84. The van der Waals surface area contributed by atoms with E-state index < -0.39 is 10.0 Å². The molecular weight excluding hydrogens is 324 g/mol. The first kappa shape index (κ1) is 18.0. The Morgan fingerprint density at radius 3 is 2.25 bits per heavy atom. The van der Waals surface area contributed by atoms with E-state index in [1.807, 2.05) is 56.3 Å². The number of carbonyl (C=O) groups excluding carboxylic acids is 1. The predicted molar refractivity (Wildman–Crippen MR) is 96.4 cm³/mol. The zero-order chi connectivity index (χ0) is 17.7. The minimum atomic E-state index is -3.56. The van der Waals surface area contributed by atoms with Gasteiger partial charge in [-0.25, -0.2) is 8.42 Å². The molecule has 0 aliphatic rings. The van der Waals surface area contributed by atoms with Crippen molar-refractivity contribution in [3.63, 3.8) is 0 Å². The number of sulfonamides is 1. The third-order valence-electron chi connectivity index (χ3n) is 3.75. The molecule has 0 saturated heterocycles. The first-order valence-corrected chi connectivity index (χ1v) is 9.51. The van der Waals surface area contributed by atoms with Crippen molar-refractivity contribution >= 4 is 21.6 Å². The van der Waals surface area contributed by atoms with Crippen molar-refractivity contribution in [1.29, 1.82) is 0 Å². The number of anilines is 1. The zero-order valence-corrected chi connectivity index (χ0v) is 14.9.